The van der Waals surface area contributed by atoms with Gasteiger partial charge in [0.1, 0.15) is 11.5 Å². The molecule has 0 aliphatic carbocycles. The van der Waals surface area contributed by atoms with Crippen molar-refractivity contribution in [2.45, 2.75) is 39.5 Å². The van der Waals surface area contributed by atoms with Crippen molar-refractivity contribution in [3.63, 3.8) is 0 Å². The molecule has 0 aliphatic rings. The Morgan fingerprint density at radius 1 is 0.405 bits per heavy atom. The molecule has 0 aromatic heterocycles. The highest BCUT2D eigenvalue weighted by atomic mass is 16.5. The molecule has 0 fully saturated rings. The first-order chi connectivity index (χ1) is 20.7. The van der Waals surface area contributed by atoms with E-state index < -0.39 is 0 Å². The number of fused-ring (bicyclic) bond motifs is 5. The number of hydrogen-bond acceptors (Lipinski definition) is 2. The number of unbranched alkanes of at least 4 members (excludes halogenated alkanes) is 2. The van der Waals surface area contributed by atoms with Crippen molar-refractivity contribution >= 4 is 53.9 Å². The Morgan fingerprint density at radius 2 is 0.929 bits per heavy atom. The van der Waals surface area contributed by atoms with Crippen LogP contribution in [0.2, 0.25) is 0 Å². The third-order valence-electron chi connectivity index (χ3n) is 7.87. The van der Waals surface area contributed by atoms with E-state index in [4.69, 9.17) is 9.47 Å². The minimum atomic E-state index is 0.746. The van der Waals surface area contributed by atoms with Crippen molar-refractivity contribution in [3.05, 3.63) is 121 Å². The normalized spacial score (nSPS) is 11.2. The predicted molar refractivity (Wildman–Crippen MR) is 181 cm³/mol. The first-order valence-electron chi connectivity index (χ1n) is 15.3. The second kappa shape index (κ2) is 13.0. The minimum absolute atomic E-state index is 0.746. The Bertz CT molecular complexity index is 1910. The highest BCUT2D eigenvalue weighted by Crippen LogP contribution is 2.38. The molecule has 0 N–H and O–H groups in total. The lowest BCUT2D eigenvalue weighted by Crippen LogP contribution is -1.98. The van der Waals surface area contributed by atoms with E-state index in [1.807, 2.05) is 0 Å². The van der Waals surface area contributed by atoms with E-state index in [1.165, 1.54) is 53.9 Å². The highest BCUT2D eigenvalue weighted by molar-refractivity contribution is 6.12. The third kappa shape index (κ3) is 6.04. The second-order valence-electron chi connectivity index (χ2n) is 11.0. The van der Waals surface area contributed by atoms with E-state index in [1.54, 1.807) is 0 Å². The van der Waals surface area contributed by atoms with Crippen molar-refractivity contribution in [2.75, 3.05) is 13.2 Å². The molecule has 0 bridgehead atoms. The van der Waals surface area contributed by atoms with E-state index in [2.05, 4.69) is 135 Å². The molecule has 0 spiro atoms. The molecule has 0 atom stereocenters. The average Bonchev–Trinajstić information content (AvgIpc) is 3.03. The van der Waals surface area contributed by atoms with Gasteiger partial charge in [0.15, 0.2) is 0 Å². The largest absolute Gasteiger partial charge is 0.494 e. The van der Waals surface area contributed by atoms with Crippen LogP contribution < -0.4 is 9.47 Å². The van der Waals surface area contributed by atoms with Crippen molar-refractivity contribution in [2.24, 2.45) is 0 Å². The van der Waals surface area contributed by atoms with Crippen LogP contribution in [-0.2, 0) is 0 Å². The SMILES string of the molecule is CCCCOc1ccc2cc3cc4c(OCCCC)c5ccccc5cc4cc3cc2c1.c1ccc2ccccc2c1. The Hall–Kier alpha value is -4.56. The standard InChI is InChI=1S/C30H30O2.C10H8/c1-3-5-13-31-27-12-11-21-15-25-20-29-26(18-23(25)17-24(21)19-27)16-22-9-7-8-10-28(22)30(29)32-14-6-4-2;1-2-6-10-8-4-3-7-9(10)5-1/h7-12,15-20H,3-6,13-14H2,1-2H3;1-8H. The molecule has 2 nitrogen and oxygen atoms in total. The summed E-state index contributed by atoms with van der Waals surface area (Å²) in [5, 5.41) is 12.4. The maximum absolute atomic E-state index is 6.36. The number of hydrogen-bond donors (Lipinski definition) is 0. The van der Waals surface area contributed by atoms with Gasteiger partial charge in [0, 0.05) is 10.8 Å². The van der Waals surface area contributed by atoms with Crippen LogP contribution in [0.15, 0.2) is 121 Å². The third-order valence-corrected chi connectivity index (χ3v) is 7.87. The summed E-state index contributed by atoms with van der Waals surface area (Å²) in [5.74, 6) is 1.96. The van der Waals surface area contributed by atoms with Gasteiger partial charge in [0.05, 0.1) is 13.2 Å². The van der Waals surface area contributed by atoms with Gasteiger partial charge in [-0.15, -0.1) is 0 Å². The summed E-state index contributed by atoms with van der Waals surface area (Å²) < 4.78 is 12.3. The highest BCUT2D eigenvalue weighted by Gasteiger charge is 2.11. The van der Waals surface area contributed by atoms with E-state index in [0.717, 1.165) is 50.4 Å². The zero-order valence-corrected chi connectivity index (χ0v) is 24.6. The van der Waals surface area contributed by atoms with E-state index in [-0.39, 0.29) is 0 Å². The zero-order chi connectivity index (χ0) is 28.7. The van der Waals surface area contributed by atoms with Crippen LogP contribution in [-0.4, -0.2) is 13.2 Å². The second-order valence-corrected chi connectivity index (χ2v) is 11.0. The summed E-state index contributed by atoms with van der Waals surface area (Å²) in [7, 11) is 0. The smallest absolute Gasteiger partial charge is 0.134 e. The molecule has 0 amide bonds. The zero-order valence-electron chi connectivity index (χ0n) is 24.6. The van der Waals surface area contributed by atoms with Crippen molar-refractivity contribution in [1.82, 2.24) is 0 Å². The quantitative estimate of drug-likeness (QED) is 0.138. The summed E-state index contributed by atoms with van der Waals surface area (Å²) in [5.41, 5.74) is 0. The first-order valence-corrected chi connectivity index (χ1v) is 15.3. The first kappa shape index (κ1) is 27.6. The summed E-state index contributed by atoms with van der Waals surface area (Å²) in [6.07, 6.45) is 4.41. The molecule has 0 saturated carbocycles. The predicted octanol–water partition coefficient (Wildman–Crippen LogP) is 11.5. The van der Waals surface area contributed by atoms with E-state index >= 15 is 0 Å². The van der Waals surface area contributed by atoms with Crippen molar-refractivity contribution in [1.29, 1.82) is 0 Å². The fourth-order valence-electron chi connectivity index (χ4n) is 5.53. The van der Waals surface area contributed by atoms with Crippen molar-refractivity contribution < 1.29 is 9.47 Å². The topological polar surface area (TPSA) is 18.5 Å². The monoisotopic (exact) mass is 550 g/mol. The Balaban J connectivity index is 0.000000265. The van der Waals surface area contributed by atoms with Gasteiger partial charge in [-0.2, -0.15) is 0 Å². The lowest BCUT2D eigenvalue weighted by atomic mass is 9.96. The minimum Gasteiger partial charge on any atom is -0.494 e. The van der Waals surface area contributed by atoms with E-state index in [0.29, 0.717) is 0 Å². The molecule has 0 heterocycles. The maximum Gasteiger partial charge on any atom is 0.134 e. The van der Waals surface area contributed by atoms with Gasteiger partial charge in [-0.1, -0.05) is 106 Å². The Labute approximate surface area is 248 Å². The summed E-state index contributed by atoms with van der Waals surface area (Å²) >= 11 is 0. The van der Waals surface area contributed by atoms with Gasteiger partial charge >= 0.3 is 0 Å². The van der Waals surface area contributed by atoms with Crippen LogP contribution in [0.4, 0.5) is 0 Å². The van der Waals surface area contributed by atoms with Crippen LogP contribution in [0.3, 0.4) is 0 Å². The van der Waals surface area contributed by atoms with Crippen LogP contribution in [0.1, 0.15) is 39.5 Å². The average molecular weight is 551 g/mol. The summed E-state index contributed by atoms with van der Waals surface area (Å²) in [6.45, 7) is 5.90. The van der Waals surface area contributed by atoms with Crippen LogP contribution in [0.25, 0.3) is 53.9 Å². The number of rotatable bonds is 8. The van der Waals surface area contributed by atoms with Gasteiger partial charge in [-0.3, -0.25) is 0 Å². The van der Waals surface area contributed by atoms with Crippen LogP contribution in [0, 0.1) is 0 Å². The molecular formula is C40H38O2. The molecule has 7 aromatic rings. The van der Waals surface area contributed by atoms with Gasteiger partial charge in [-0.25, -0.2) is 0 Å². The van der Waals surface area contributed by atoms with Crippen molar-refractivity contribution in [3.8, 4) is 11.5 Å². The fourth-order valence-corrected chi connectivity index (χ4v) is 5.53. The molecular weight excluding hydrogens is 512 g/mol. The lowest BCUT2D eigenvalue weighted by Gasteiger charge is -2.14. The molecule has 0 unspecified atom stereocenters. The van der Waals surface area contributed by atoms with Crippen LogP contribution >= 0.6 is 0 Å². The molecule has 0 aliphatic heterocycles. The summed E-state index contributed by atoms with van der Waals surface area (Å²) in [4.78, 5) is 0. The fraction of sp³-hybridized carbons (Fsp3) is 0.200. The number of ether oxygens (including phenoxy) is 2. The van der Waals surface area contributed by atoms with Gasteiger partial charge in [0.25, 0.3) is 0 Å². The lowest BCUT2D eigenvalue weighted by molar-refractivity contribution is 0.310. The maximum atomic E-state index is 6.36. The summed E-state index contributed by atoms with van der Waals surface area (Å²) in [6, 6.07) is 43.1. The molecule has 7 rings (SSSR count). The van der Waals surface area contributed by atoms with Gasteiger partial charge in [0.2, 0.25) is 0 Å². The molecule has 210 valence electrons. The van der Waals surface area contributed by atoms with Crippen LogP contribution in [0.5, 0.6) is 11.5 Å². The van der Waals surface area contributed by atoms with E-state index in [9.17, 15) is 0 Å². The van der Waals surface area contributed by atoms with Gasteiger partial charge in [-0.05, 0) is 98.4 Å². The Morgan fingerprint density at radius 3 is 1.62 bits per heavy atom. The molecule has 2 heteroatoms. The number of benzene rings is 7. The molecule has 0 saturated heterocycles. The molecule has 7 aromatic carbocycles. The van der Waals surface area contributed by atoms with Gasteiger partial charge < -0.3 is 9.47 Å². The molecule has 42 heavy (non-hydrogen) atoms. The molecule has 0 radical (unpaired) electrons. The Kier molecular flexibility index (Phi) is 8.51.